The number of nitrogens with zero attached hydrogens (tertiary/aromatic N) is 2. The topological polar surface area (TPSA) is 85.5 Å². The summed E-state index contributed by atoms with van der Waals surface area (Å²) >= 11 is 0. The van der Waals surface area contributed by atoms with Gasteiger partial charge in [0.05, 0.1) is 13.2 Å². The Bertz CT molecular complexity index is 480. The normalized spacial score (nSPS) is 19.6. The number of hydrogen-bond donors (Lipinski definition) is 1. The van der Waals surface area contributed by atoms with Crippen LogP contribution < -0.4 is 5.73 Å². The van der Waals surface area contributed by atoms with Crippen molar-refractivity contribution in [2.45, 2.75) is 6.04 Å². The summed E-state index contributed by atoms with van der Waals surface area (Å²) in [5.74, 6) is -1.84. The number of rotatable bonds is 2. The van der Waals surface area contributed by atoms with Gasteiger partial charge in [-0.15, -0.1) is 0 Å². The molecule has 1 atom stereocenters. The van der Waals surface area contributed by atoms with E-state index in [1.807, 2.05) is 0 Å². The SMILES string of the molecule is NC(=O)C1COCCN1C(=O)c1ccnc(F)c1. The Hall–Kier alpha value is -2.02. The van der Waals surface area contributed by atoms with Crippen LogP contribution in [0.5, 0.6) is 0 Å². The van der Waals surface area contributed by atoms with E-state index < -0.39 is 23.8 Å². The molecule has 1 aliphatic rings. The molecule has 1 fully saturated rings. The number of ether oxygens (including phenoxy) is 1. The Morgan fingerprint density at radius 1 is 1.56 bits per heavy atom. The highest BCUT2D eigenvalue weighted by Gasteiger charge is 2.32. The zero-order valence-corrected chi connectivity index (χ0v) is 9.51. The number of hydrogen-bond acceptors (Lipinski definition) is 4. The maximum Gasteiger partial charge on any atom is 0.254 e. The van der Waals surface area contributed by atoms with E-state index in [9.17, 15) is 14.0 Å². The molecule has 2 amide bonds. The van der Waals surface area contributed by atoms with E-state index in [1.54, 1.807) is 0 Å². The molecule has 1 aromatic heterocycles. The molecule has 0 bridgehead atoms. The maximum atomic E-state index is 13.0. The Balaban J connectivity index is 2.23. The highest BCUT2D eigenvalue weighted by molar-refractivity contribution is 5.97. The lowest BCUT2D eigenvalue weighted by Gasteiger charge is -2.33. The predicted octanol–water partition coefficient (Wildman–Crippen LogP) is -0.453. The van der Waals surface area contributed by atoms with Crippen LogP contribution in [0.3, 0.4) is 0 Å². The summed E-state index contributed by atoms with van der Waals surface area (Å²) in [6, 6.07) is 1.59. The van der Waals surface area contributed by atoms with Crippen molar-refractivity contribution in [1.82, 2.24) is 9.88 Å². The molecule has 2 N–H and O–H groups in total. The second-order valence-electron chi connectivity index (χ2n) is 3.86. The number of amides is 2. The Labute approximate surface area is 103 Å². The van der Waals surface area contributed by atoms with Crippen molar-refractivity contribution in [2.75, 3.05) is 19.8 Å². The third-order valence-corrected chi connectivity index (χ3v) is 2.69. The summed E-state index contributed by atoms with van der Waals surface area (Å²) in [6.07, 6.45) is 1.20. The van der Waals surface area contributed by atoms with E-state index in [0.717, 1.165) is 6.07 Å². The molecule has 0 saturated carbocycles. The maximum absolute atomic E-state index is 13.0. The third kappa shape index (κ3) is 2.45. The number of carbonyl (C=O) groups is 2. The molecule has 1 aromatic rings. The van der Waals surface area contributed by atoms with Crippen LogP contribution >= 0.6 is 0 Å². The first-order valence-corrected chi connectivity index (χ1v) is 5.39. The van der Waals surface area contributed by atoms with Crippen LogP contribution in [0.1, 0.15) is 10.4 Å². The predicted molar refractivity (Wildman–Crippen MR) is 59.0 cm³/mol. The minimum absolute atomic E-state index is 0.0641. The molecule has 1 aliphatic heterocycles. The van der Waals surface area contributed by atoms with Crippen LogP contribution in [0, 0.1) is 5.95 Å². The summed E-state index contributed by atoms with van der Waals surface area (Å²) in [4.78, 5) is 28.0. The lowest BCUT2D eigenvalue weighted by Crippen LogP contribution is -2.54. The second kappa shape index (κ2) is 5.09. The minimum atomic E-state index is -0.817. The van der Waals surface area contributed by atoms with Crippen LogP contribution in [-0.2, 0) is 9.53 Å². The van der Waals surface area contributed by atoms with E-state index in [-0.39, 0.29) is 18.7 Å². The molecule has 96 valence electrons. The van der Waals surface area contributed by atoms with Crippen molar-refractivity contribution >= 4 is 11.8 Å². The summed E-state index contributed by atoms with van der Waals surface area (Å²) in [6.45, 7) is 0.633. The summed E-state index contributed by atoms with van der Waals surface area (Å²) in [5.41, 5.74) is 5.34. The van der Waals surface area contributed by atoms with Gasteiger partial charge in [-0.3, -0.25) is 9.59 Å². The number of carbonyl (C=O) groups excluding carboxylic acids is 2. The van der Waals surface area contributed by atoms with E-state index in [4.69, 9.17) is 10.5 Å². The molecule has 2 rings (SSSR count). The minimum Gasteiger partial charge on any atom is -0.377 e. The van der Waals surface area contributed by atoms with E-state index >= 15 is 0 Å². The summed E-state index contributed by atoms with van der Waals surface area (Å²) < 4.78 is 18.1. The fraction of sp³-hybridized carbons (Fsp3) is 0.364. The van der Waals surface area contributed by atoms with E-state index in [0.29, 0.717) is 6.61 Å². The zero-order valence-electron chi connectivity index (χ0n) is 9.51. The van der Waals surface area contributed by atoms with Crippen LogP contribution in [0.2, 0.25) is 0 Å². The Morgan fingerprint density at radius 3 is 3.00 bits per heavy atom. The first-order chi connectivity index (χ1) is 8.59. The smallest absolute Gasteiger partial charge is 0.254 e. The lowest BCUT2D eigenvalue weighted by molar-refractivity contribution is -0.127. The first-order valence-electron chi connectivity index (χ1n) is 5.39. The molecular formula is C11H12FN3O3. The van der Waals surface area contributed by atoms with Crippen LogP contribution in [0.15, 0.2) is 18.3 Å². The van der Waals surface area contributed by atoms with E-state index in [1.165, 1.54) is 17.2 Å². The van der Waals surface area contributed by atoms with E-state index in [2.05, 4.69) is 4.98 Å². The number of pyridine rings is 1. The number of nitrogens with two attached hydrogens (primary N) is 1. The molecular weight excluding hydrogens is 241 g/mol. The Kier molecular flexibility index (Phi) is 3.52. The quantitative estimate of drug-likeness (QED) is 0.723. The van der Waals surface area contributed by atoms with Gasteiger partial charge in [-0.2, -0.15) is 4.39 Å². The second-order valence-corrected chi connectivity index (χ2v) is 3.86. The van der Waals surface area contributed by atoms with Crippen LogP contribution in [-0.4, -0.2) is 47.5 Å². The van der Waals surface area contributed by atoms with Gasteiger partial charge in [0, 0.05) is 24.4 Å². The number of aromatic nitrogens is 1. The number of morpholine rings is 1. The van der Waals surface area contributed by atoms with Crippen molar-refractivity contribution in [1.29, 1.82) is 0 Å². The molecule has 1 unspecified atom stereocenters. The van der Waals surface area contributed by atoms with Crippen LogP contribution in [0.4, 0.5) is 4.39 Å². The average molecular weight is 253 g/mol. The molecule has 0 radical (unpaired) electrons. The average Bonchev–Trinajstić information content (AvgIpc) is 2.38. The van der Waals surface area contributed by atoms with Gasteiger partial charge in [-0.25, -0.2) is 4.98 Å². The highest BCUT2D eigenvalue weighted by Crippen LogP contribution is 2.12. The van der Waals surface area contributed by atoms with Crippen molar-refractivity contribution in [3.05, 3.63) is 29.8 Å². The lowest BCUT2D eigenvalue weighted by atomic mass is 10.1. The Morgan fingerprint density at radius 2 is 2.33 bits per heavy atom. The first kappa shape index (κ1) is 12.4. The number of primary amides is 1. The van der Waals surface area contributed by atoms with Crippen LogP contribution in [0.25, 0.3) is 0 Å². The molecule has 0 aliphatic carbocycles. The molecule has 2 heterocycles. The van der Waals surface area contributed by atoms with Gasteiger partial charge in [-0.05, 0) is 6.07 Å². The molecule has 6 nitrogen and oxygen atoms in total. The molecule has 0 spiro atoms. The largest absolute Gasteiger partial charge is 0.377 e. The van der Waals surface area contributed by atoms with Crippen molar-refractivity contribution < 1.29 is 18.7 Å². The fourth-order valence-electron chi connectivity index (χ4n) is 1.78. The molecule has 7 heteroatoms. The van der Waals surface area contributed by atoms with Gasteiger partial charge in [0.25, 0.3) is 5.91 Å². The van der Waals surface area contributed by atoms with Crippen molar-refractivity contribution in [3.63, 3.8) is 0 Å². The van der Waals surface area contributed by atoms with Gasteiger partial charge >= 0.3 is 0 Å². The molecule has 18 heavy (non-hydrogen) atoms. The van der Waals surface area contributed by atoms with Gasteiger partial charge in [0.2, 0.25) is 11.9 Å². The third-order valence-electron chi connectivity index (χ3n) is 2.69. The van der Waals surface area contributed by atoms with Crippen molar-refractivity contribution in [3.8, 4) is 0 Å². The van der Waals surface area contributed by atoms with Crippen molar-refractivity contribution in [2.24, 2.45) is 5.73 Å². The van der Waals surface area contributed by atoms with Gasteiger partial charge in [0.1, 0.15) is 6.04 Å². The fourth-order valence-corrected chi connectivity index (χ4v) is 1.78. The highest BCUT2D eigenvalue weighted by atomic mass is 19.1. The van der Waals surface area contributed by atoms with Gasteiger partial charge in [0.15, 0.2) is 0 Å². The monoisotopic (exact) mass is 253 g/mol. The standard InChI is InChI=1S/C11H12FN3O3/c12-9-5-7(1-2-14-9)11(17)15-3-4-18-6-8(15)10(13)16/h1-2,5,8H,3-4,6H2,(H2,13,16). The van der Waals surface area contributed by atoms with Gasteiger partial charge < -0.3 is 15.4 Å². The zero-order chi connectivity index (χ0) is 13.1. The van der Waals surface area contributed by atoms with Gasteiger partial charge in [-0.1, -0.05) is 0 Å². The molecule has 0 aromatic carbocycles. The summed E-state index contributed by atoms with van der Waals surface area (Å²) in [7, 11) is 0. The molecule has 1 saturated heterocycles. The number of halogens is 1. The summed E-state index contributed by atoms with van der Waals surface area (Å²) in [5, 5.41) is 0.